The first-order chi connectivity index (χ1) is 5.86. The van der Waals surface area contributed by atoms with Crippen molar-refractivity contribution in [3.8, 4) is 0 Å². The molecule has 0 aromatic heterocycles. The number of hydrogen-bond acceptors (Lipinski definition) is 2. The molecule has 0 aromatic carbocycles. The van der Waals surface area contributed by atoms with Crippen LogP contribution in [0.4, 0.5) is 0 Å². The third-order valence-electron chi connectivity index (χ3n) is 1.86. The zero-order chi connectivity index (χ0) is 10.6. The Morgan fingerprint density at radius 2 is 1.69 bits per heavy atom. The van der Waals surface area contributed by atoms with Crippen molar-refractivity contribution in [2.45, 2.75) is 33.7 Å². The quantitative estimate of drug-likeness (QED) is 0.620. The summed E-state index contributed by atoms with van der Waals surface area (Å²) in [5, 5.41) is 2.49. The lowest BCUT2D eigenvalue weighted by Crippen LogP contribution is -2.42. The Morgan fingerprint density at radius 1 is 1.23 bits per heavy atom. The molecule has 0 heterocycles. The Kier molecular flexibility index (Phi) is 4.17. The average Bonchev–Trinajstić information content (AvgIpc) is 2.02. The van der Waals surface area contributed by atoms with Crippen LogP contribution in [0.1, 0.15) is 27.7 Å². The van der Waals surface area contributed by atoms with E-state index < -0.39 is 11.9 Å². The highest BCUT2D eigenvalue weighted by Gasteiger charge is 2.13. The van der Waals surface area contributed by atoms with E-state index in [9.17, 15) is 9.59 Å². The number of primary amides is 1. The highest BCUT2D eigenvalue weighted by Crippen LogP contribution is 2.01. The van der Waals surface area contributed by atoms with Crippen molar-refractivity contribution < 1.29 is 9.59 Å². The molecule has 0 radical (unpaired) electrons. The van der Waals surface area contributed by atoms with Gasteiger partial charge < -0.3 is 11.1 Å². The predicted molar refractivity (Wildman–Crippen MR) is 50.8 cm³/mol. The molecule has 4 nitrogen and oxygen atoms in total. The number of nitrogens with two attached hydrogens (primary N) is 1. The lowest BCUT2D eigenvalue weighted by atomic mass is 10.1. The van der Waals surface area contributed by atoms with E-state index >= 15 is 0 Å². The molecule has 74 valence electrons. The molecular formula is C9H16N2O2. The van der Waals surface area contributed by atoms with Crippen LogP contribution >= 0.6 is 0 Å². The first-order valence-corrected chi connectivity index (χ1v) is 4.10. The molecule has 4 heteroatoms. The van der Waals surface area contributed by atoms with Gasteiger partial charge in [0.1, 0.15) is 6.04 Å². The fourth-order valence-electron chi connectivity index (χ4n) is 0.603. The van der Waals surface area contributed by atoms with Crippen molar-refractivity contribution in [2.24, 2.45) is 5.73 Å². The van der Waals surface area contributed by atoms with E-state index in [2.05, 4.69) is 5.32 Å². The van der Waals surface area contributed by atoms with Crippen LogP contribution in [-0.2, 0) is 9.59 Å². The largest absolute Gasteiger partial charge is 0.368 e. The summed E-state index contributed by atoms with van der Waals surface area (Å²) in [4.78, 5) is 21.9. The molecule has 0 aliphatic carbocycles. The van der Waals surface area contributed by atoms with Crippen LogP contribution in [0.15, 0.2) is 11.1 Å². The van der Waals surface area contributed by atoms with Crippen molar-refractivity contribution >= 4 is 11.8 Å². The van der Waals surface area contributed by atoms with Crippen molar-refractivity contribution in [3.05, 3.63) is 11.1 Å². The van der Waals surface area contributed by atoms with Gasteiger partial charge in [0.15, 0.2) is 0 Å². The molecule has 0 rings (SSSR count). The number of hydrogen-bond donors (Lipinski definition) is 2. The fourth-order valence-corrected chi connectivity index (χ4v) is 0.603. The summed E-state index contributed by atoms with van der Waals surface area (Å²) in [5.74, 6) is -0.777. The van der Waals surface area contributed by atoms with Crippen LogP contribution in [0.5, 0.6) is 0 Å². The Hall–Kier alpha value is -1.32. The predicted octanol–water partition coefficient (Wildman–Crippen LogP) is 0.333. The summed E-state index contributed by atoms with van der Waals surface area (Å²) < 4.78 is 0. The number of amides is 2. The van der Waals surface area contributed by atoms with Crippen LogP contribution in [-0.4, -0.2) is 17.9 Å². The molecule has 3 N–H and O–H groups in total. The van der Waals surface area contributed by atoms with E-state index in [4.69, 9.17) is 5.73 Å². The summed E-state index contributed by atoms with van der Waals surface area (Å²) in [6, 6.07) is -0.623. The summed E-state index contributed by atoms with van der Waals surface area (Å²) in [6.45, 7) is 6.94. The van der Waals surface area contributed by atoms with Gasteiger partial charge >= 0.3 is 0 Å². The highest BCUT2D eigenvalue weighted by atomic mass is 16.2. The second-order valence-electron chi connectivity index (χ2n) is 3.22. The Balaban J connectivity index is 4.33. The van der Waals surface area contributed by atoms with E-state index in [0.29, 0.717) is 5.57 Å². The van der Waals surface area contributed by atoms with Gasteiger partial charge in [-0.05, 0) is 27.7 Å². The van der Waals surface area contributed by atoms with Gasteiger partial charge in [0.2, 0.25) is 11.8 Å². The molecule has 0 saturated heterocycles. The molecular weight excluding hydrogens is 168 g/mol. The Labute approximate surface area is 78.2 Å². The molecule has 13 heavy (non-hydrogen) atoms. The Morgan fingerprint density at radius 3 is 2.00 bits per heavy atom. The monoisotopic (exact) mass is 184 g/mol. The van der Waals surface area contributed by atoms with Gasteiger partial charge in [-0.1, -0.05) is 5.57 Å². The van der Waals surface area contributed by atoms with E-state index in [1.807, 2.05) is 13.8 Å². The SMILES string of the molecule is CC(C)=C(C)C(=O)NC(C)C(N)=O. The maximum absolute atomic E-state index is 11.3. The van der Waals surface area contributed by atoms with Crippen molar-refractivity contribution in [1.82, 2.24) is 5.32 Å². The lowest BCUT2D eigenvalue weighted by molar-refractivity contribution is -0.125. The summed E-state index contributed by atoms with van der Waals surface area (Å²) in [7, 11) is 0. The van der Waals surface area contributed by atoms with Gasteiger partial charge in [-0.25, -0.2) is 0 Å². The minimum atomic E-state index is -0.623. The number of carbonyl (C=O) groups excluding carboxylic acids is 2. The van der Waals surface area contributed by atoms with Gasteiger partial charge in [-0.3, -0.25) is 9.59 Å². The zero-order valence-electron chi connectivity index (χ0n) is 8.47. The minimum absolute atomic E-state index is 0.244. The first kappa shape index (κ1) is 11.7. The minimum Gasteiger partial charge on any atom is -0.368 e. The van der Waals surface area contributed by atoms with Gasteiger partial charge in [0.25, 0.3) is 0 Å². The summed E-state index contributed by atoms with van der Waals surface area (Å²) in [5.41, 5.74) is 6.53. The fraction of sp³-hybridized carbons (Fsp3) is 0.556. The van der Waals surface area contributed by atoms with Gasteiger partial charge in [0, 0.05) is 5.57 Å². The van der Waals surface area contributed by atoms with Gasteiger partial charge in [0.05, 0.1) is 0 Å². The third-order valence-corrected chi connectivity index (χ3v) is 1.86. The van der Waals surface area contributed by atoms with E-state index in [1.165, 1.54) is 0 Å². The highest BCUT2D eigenvalue weighted by molar-refractivity contribution is 5.96. The molecule has 0 aromatic rings. The second kappa shape index (κ2) is 4.64. The van der Waals surface area contributed by atoms with Crippen molar-refractivity contribution in [2.75, 3.05) is 0 Å². The van der Waals surface area contributed by atoms with Crippen LogP contribution in [0, 0.1) is 0 Å². The second-order valence-corrected chi connectivity index (χ2v) is 3.22. The van der Waals surface area contributed by atoms with Crippen LogP contribution in [0.2, 0.25) is 0 Å². The molecule has 0 saturated carbocycles. The Bertz CT molecular complexity index is 252. The summed E-state index contributed by atoms with van der Waals surface area (Å²) in [6.07, 6.45) is 0. The van der Waals surface area contributed by atoms with Crippen molar-refractivity contribution in [3.63, 3.8) is 0 Å². The number of allylic oxidation sites excluding steroid dienone is 1. The number of carbonyl (C=O) groups is 2. The maximum Gasteiger partial charge on any atom is 0.247 e. The van der Waals surface area contributed by atoms with Crippen LogP contribution in [0.25, 0.3) is 0 Å². The van der Waals surface area contributed by atoms with E-state index in [-0.39, 0.29) is 5.91 Å². The first-order valence-electron chi connectivity index (χ1n) is 4.10. The van der Waals surface area contributed by atoms with Gasteiger partial charge in [-0.2, -0.15) is 0 Å². The molecule has 0 aliphatic heterocycles. The average molecular weight is 184 g/mol. The topological polar surface area (TPSA) is 72.2 Å². The normalized spacial score (nSPS) is 11.7. The van der Waals surface area contributed by atoms with Crippen LogP contribution < -0.4 is 11.1 Å². The number of rotatable bonds is 3. The number of nitrogens with one attached hydrogen (secondary N) is 1. The molecule has 1 atom stereocenters. The van der Waals surface area contributed by atoms with E-state index in [1.54, 1.807) is 13.8 Å². The van der Waals surface area contributed by atoms with Gasteiger partial charge in [-0.15, -0.1) is 0 Å². The lowest BCUT2D eigenvalue weighted by Gasteiger charge is -2.10. The smallest absolute Gasteiger partial charge is 0.247 e. The van der Waals surface area contributed by atoms with E-state index in [0.717, 1.165) is 5.57 Å². The summed E-state index contributed by atoms with van der Waals surface area (Å²) >= 11 is 0. The molecule has 2 amide bonds. The van der Waals surface area contributed by atoms with Crippen molar-refractivity contribution in [1.29, 1.82) is 0 Å². The zero-order valence-corrected chi connectivity index (χ0v) is 8.47. The van der Waals surface area contributed by atoms with Crippen LogP contribution in [0.3, 0.4) is 0 Å². The molecule has 0 fully saturated rings. The molecule has 1 unspecified atom stereocenters. The maximum atomic E-state index is 11.3. The molecule has 0 spiro atoms. The molecule has 0 aliphatic rings. The molecule has 0 bridgehead atoms. The standard InChI is InChI=1S/C9H16N2O2/c1-5(2)6(3)9(13)11-7(4)8(10)12/h7H,1-4H3,(H2,10,12)(H,11,13). The third kappa shape index (κ3) is 3.73.